The van der Waals surface area contributed by atoms with Crippen LogP contribution in [-0.4, -0.2) is 45.7 Å². The van der Waals surface area contributed by atoms with E-state index in [9.17, 15) is 4.79 Å². The van der Waals surface area contributed by atoms with Crippen LogP contribution in [-0.2, 0) is 4.79 Å². The fourth-order valence-corrected chi connectivity index (χ4v) is 3.27. The number of carbonyl (C=O) groups is 1. The molecule has 0 saturated heterocycles. The lowest BCUT2D eigenvalue weighted by Gasteiger charge is -2.14. The van der Waals surface area contributed by atoms with Crippen molar-refractivity contribution in [3.8, 4) is 11.5 Å². The van der Waals surface area contributed by atoms with Gasteiger partial charge in [-0.25, -0.2) is 0 Å². The van der Waals surface area contributed by atoms with Gasteiger partial charge >= 0.3 is 0 Å². The number of amides is 1. The summed E-state index contributed by atoms with van der Waals surface area (Å²) in [5.74, 6) is 2.69. The second kappa shape index (κ2) is 13.5. The summed E-state index contributed by atoms with van der Waals surface area (Å²) < 4.78 is 10.6. The van der Waals surface area contributed by atoms with Crippen molar-refractivity contribution >= 4 is 41.5 Å². The molecule has 1 aromatic rings. The predicted octanol–water partition coefficient (Wildman–Crippen LogP) is 3.40. The molecule has 8 heteroatoms. The van der Waals surface area contributed by atoms with E-state index in [0.717, 1.165) is 12.2 Å². The first-order valence-electron chi connectivity index (χ1n) is 9.70. The second-order valence-corrected chi connectivity index (χ2v) is 6.66. The van der Waals surface area contributed by atoms with E-state index in [1.54, 1.807) is 14.2 Å². The SMILES string of the molecule is CCNC(=NCCNC(=O)CC1CCCC1)Nc1ccc(OC)c(OC)c1.I. The summed E-state index contributed by atoms with van der Waals surface area (Å²) in [4.78, 5) is 16.5. The molecule has 1 aromatic carbocycles. The number of guanidine groups is 1. The Balaban J connectivity index is 0.00000392. The molecule has 0 atom stereocenters. The molecule has 28 heavy (non-hydrogen) atoms. The van der Waals surface area contributed by atoms with Gasteiger partial charge in [0.2, 0.25) is 5.91 Å². The van der Waals surface area contributed by atoms with Crippen LogP contribution in [0.25, 0.3) is 0 Å². The molecule has 1 aliphatic carbocycles. The third kappa shape index (κ3) is 8.12. The zero-order valence-electron chi connectivity index (χ0n) is 17.0. The average Bonchev–Trinajstić information content (AvgIpc) is 3.18. The third-order valence-electron chi connectivity index (χ3n) is 4.64. The molecule has 0 unspecified atom stereocenters. The number of nitrogens with zero attached hydrogens (tertiary/aromatic N) is 1. The Kier molecular flexibility index (Phi) is 11.7. The minimum atomic E-state index is 0. The van der Waals surface area contributed by atoms with Crippen molar-refractivity contribution in [2.45, 2.75) is 39.0 Å². The van der Waals surface area contributed by atoms with Crippen molar-refractivity contribution in [1.82, 2.24) is 10.6 Å². The fourth-order valence-electron chi connectivity index (χ4n) is 3.27. The molecule has 0 spiro atoms. The van der Waals surface area contributed by atoms with Crippen LogP contribution in [0.1, 0.15) is 39.0 Å². The van der Waals surface area contributed by atoms with Crippen molar-refractivity contribution < 1.29 is 14.3 Å². The lowest BCUT2D eigenvalue weighted by atomic mass is 10.0. The van der Waals surface area contributed by atoms with Gasteiger partial charge < -0.3 is 25.4 Å². The highest BCUT2D eigenvalue weighted by molar-refractivity contribution is 14.0. The molecule has 1 fully saturated rings. The number of nitrogens with one attached hydrogen (secondary N) is 3. The number of anilines is 1. The number of methoxy groups -OCH3 is 2. The van der Waals surface area contributed by atoms with Gasteiger partial charge in [0.15, 0.2) is 17.5 Å². The summed E-state index contributed by atoms with van der Waals surface area (Å²) in [6.45, 7) is 3.80. The minimum absolute atomic E-state index is 0. The summed E-state index contributed by atoms with van der Waals surface area (Å²) in [7, 11) is 3.21. The number of rotatable bonds is 9. The second-order valence-electron chi connectivity index (χ2n) is 6.66. The molecule has 158 valence electrons. The Morgan fingerprint density at radius 2 is 1.86 bits per heavy atom. The zero-order valence-corrected chi connectivity index (χ0v) is 19.4. The Labute approximate surface area is 185 Å². The molecular weight excluding hydrogens is 471 g/mol. The molecule has 0 aliphatic heterocycles. The largest absolute Gasteiger partial charge is 0.493 e. The molecular formula is C20H33IN4O3. The zero-order chi connectivity index (χ0) is 19.5. The van der Waals surface area contributed by atoms with Gasteiger partial charge in [-0.15, -0.1) is 24.0 Å². The first kappa shape index (κ1) is 24.3. The van der Waals surface area contributed by atoms with Crippen LogP contribution < -0.4 is 25.4 Å². The van der Waals surface area contributed by atoms with Crippen LogP contribution in [0.4, 0.5) is 5.69 Å². The number of hydrogen-bond donors (Lipinski definition) is 3. The number of hydrogen-bond acceptors (Lipinski definition) is 4. The van der Waals surface area contributed by atoms with Gasteiger partial charge in [-0.1, -0.05) is 12.8 Å². The first-order chi connectivity index (χ1) is 13.2. The lowest BCUT2D eigenvalue weighted by molar-refractivity contribution is -0.121. The maximum absolute atomic E-state index is 12.0. The molecule has 0 aromatic heterocycles. The van der Waals surface area contributed by atoms with E-state index in [-0.39, 0.29) is 29.9 Å². The van der Waals surface area contributed by atoms with Gasteiger partial charge in [0, 0.05) is 31.3 Å². The van der Waals surface area contributed by atoms with Gasteiger partial charge in [-0.05, 0) is 37.8 Å². The highest BCUT2D eigenvalue weighted by Crippen LogP contribution is 2.29. The van der Waals surface area contributed by atoms with Crippen LogP contribution in [0.3, 0.4) is 0 Å². The first-order valence-corrected chi connectivity index (χ1v) is 9.70. The molecule has 1 amide bonds. The summed E-state index contributed by atoms with van der Waals surface area (Å²) in [5, 5.41) is 9.41. The summed E-state index contributed by atoms with van der Waals surface area (Å²) in [5.41, 5.74) is 0.845. The van der Waals surface area contributed by atoms with Gasteiger partial charge in [0.25, 0.3) is 0 Å². The Morgan fingerprint density at radius 3 is 2.50 bits per heavy atom. The van der Waals surface area contributed by atoms with Crippen molar-refractivity contribution in [1.29, 1.82) is 0 Å². The standard InChI is InChI=1S/C20H32N4O3.HI/c1-4-21-20(24-16-9-10-17(26-2)18(14-16)27-3)23-12-11-22-19(25)13-15-7-5-6-8-15;/h9-10,14-15H,4-8,11-13H2,1-3H3,(H,22,25)(H2,21,23,24);1H. The van der Waals surface area contributed by atoms with Crippen LogP contribution in [0, 0.1) is 5.92 Å². The van der Waals surface area contributed by atoms with E-state index < -0.39 is 0 Å². The van der Waals surface area contributed by atoms with Crippen LogP contribution in [0.2, 0.25) is 0 Å². The Hall–Kier alpha value is -1.71. The summed E-state index contributed by atoms with van der Waals surface area (Å²) in [6, 6.07) is 5.60. The molecule has 7 nitrogen and oxygen atoms in total. The van der Waals surface area contributed by atoms with Crippen molar-refractivity contribution in [3.63, 3.8) is 0 Å². The minimum Gasteiger partial charge on any atom is -0.493 e. The fraction of sp³-hybridized carbons (Fsp3) is 0.600. The molecule has 1 aliphatic rings. The molecule has 3 N–H and O–H groups in total. The molecule has 0 bridgehead atoms. The quantitative estimate of drug-likeness (QED) is 0.208. The average molecular weight is 504 g/mol. The molecule has 2 rings (SSSR count). The van der Waals surface area contributed by atoms with E-state index in [0.29, 0.717) is 42.9 Å². The lowest BCUT2D eigenvalue weighted by Crippen LogP contribution is -2.32. The number of ether oxygens (including phenoxy) is 2. The van der Waals surface area contributed by atoms with Crippen molar-refractivity contribution in [2.75, 3.05) is 39.2 Å². The number of aliphatic imine (C=N–C) groups is 1. The summed E-state index contributed by atoms with van der Waals surface area (Å²) in [6.07, 6.45) is 5.54. The maximum atomic E-state index is 12.0. The topological polar surface area (TPSA) is 84.0 Å². The van der Waals surface area contributed by atoms with E-state index in [4.69, 9.17) is 9.47 Å². The van der Waals surface area contributed by atoms with Gasteiger partial charge in [-0.2, -0.15) is 0 Å². The Morgan fingerprint density at radius 1 is 1.14 bits per heavy atom. The van der Waals surface area contributed by atoms with Gasteiger partial charge in [0.1, 0.15) is 0 Å². The molecule has 0 heterocycles. The van der Waals surface area contributed by atoms with E-state index in [2.05, 4.69) is 20.9 Å². The summed E-state index contributed by atoms with van der Waals surface area (Å²) >= 11 is 0. The van der Waals surface area contributed by atoms with Crippen molar-refractivity contribution in [2.24, 2.45) is 10.9 Å². The van der Waals surface area contributed by atoms with Gasteiger partial charge in [-0.3, -0.25) is 9.79 Å². The predicted molar refractivity (Wildman–Crippen MR) is 124 cm³/mol. The van der Waals surface area contributed by atoms with E-state index in [1.165, 1.54) is 25.7 Å². The number of benzene rings is 1. The van der Waals surface area contributed by atoms with Gasteiger partial charge in [0.05, 0.1) is 20.8 Å². The Bertz CT molecular complexity index is 634. The maximum Gasteiger partial charge on any atom is 0.220 e. The van der Waals surface area contributed by atoms with Crippen LogP contribution >= 0.6 is 24.0 Å². The number of halogens is 1. The smallest absolute Gasteiger partial charge is 0.220 e. The monoisotopic (exact) mass is 504 g/mol. The van der Waals surface area contributed by atoms with Crippen LogP contribution in [0.5, 0.6) is 11.5 Å². The van der Waals surface area contributed by atoms with E-state index >= 15 is 0 Å². The number of carbonyl (C=O) groups excluding carboxylic acids is 1. The van der Waals surface area contributed by atoms with E-state index in [1.807, 2.05) is 25.1 Å². The highest BCUT2D eigenvalue weighted by atomic mass is 127. The third-order valence-corrected chi connectivity index (χ3v) is 4.64. The van der Waals surface area contributed by atoms with Crippen LogP contribution in [0.15, 0.2) is 23.2 Å². The molecule has 0 radical (unpaired) electrons. The van der Waals surface area contributed by atoms with Crippen molar-refractivity contribution in [3.05, 3.63) is 18.2 Å². The molecule has 1 saturated carbocycles. The normalized spacial score (nSPS) is 14.2. The highest BCUT2D eigenvalue weighted by Gasteiger charge is 2.17.